The normalized spacial score (nSPS) is 15.0. The molecule has 0 saturated carbocycles. The Morgan fingerprint density at radius 3 is 2.41 bits per heavy atom. The van der Waals surface area contributed by atoms with Crippen molar-refractivity contribution in [3.8, 4) is 5.75 Å². The summed E-state index contributed by atoms with van der Waals surface area (Å²) in [5.74, 6) is 1.34. The van der Waals surface area contributed by atoms with Crippen molar-refractivity contribution in [1.29, 1.82) is 0 Å². The minimum atomic E-state index is 0.156. The number of aliphatic imine (C=N–C) groups is 1. The highest BCUT2D eigenvalue weighted by molar-refractivity contribution is 5.81. The number of phenols is 1. The Bertz CT molecular complexity index is 623. The molecule has 1 aromatic carbocycles. The molecular formula is C20H33N5O2. The first-order valence-corrected chi connectivity index (χ1v) is 9.94. The Balaban J connectivity index is 1.92. The van der Waals surface area contributed by atoms with Crippen molar-refractivity contribution >= 4 is 17.6 Å². The van der Waals surface area contributed by atoms with E-state index in [0.29, 0.717) is 18.7 Å². The van der Waals surface area contributed by atoms with E-state index < -0.39 is 0 Å². The molecule has 0 spiro atoms. The first-order chi connectivity index (χ1) is 13.1. The van der Waals surface area contributed by atoms with Crippen LogP contribution in [0.1, 0.15) is 27.2 Å². The van der Waals surface area contributed by atoms with Crippen LogP contribution in [0, 0.1) is 0 Å². The van der Waals surface area contributed by atoms with Gasteiger partial charge >= 0.3 is 0 Å². The lowest BCUT2D eigenvalue weighted by Gasteiger charge is -2.37. The van der Waals surface area contributed by atoms with Gasteiger partial charge in [-0.05, 0) is 32.9 Å². The lowest BCUT2D eigenvalue weighted by molar-refractivity contribution is -0.130. The van der Waals surface area contributed by atoms with E-state index in [0.717, 1.165) is 57.5 Å². The van der Waals surface area contributed by atoms with Crippen molar-refractivity contribution in [2.75, 3.05) is 57.3 Å². The molecule has 1 amide bonds. The minimum absolute atomic E-state index is 0.156. The summed E-state index contributed by atoms with van der Waals surface area (Å²) >= 11 is 0. The van der Waals surface area contributed by atoms with E-state index in [1.165, 1.54) is 0 Å². The number of anilines is 1. The molecular weight excluding hydrogens is 342 g/mol. The smallest absolute Gasteiger partial charge is 0.224 e. The van der Waals surface area contributed by atoms with Crippen molar-refractivity contribution in [3.05, 3.63) is 24.3 Å². The van der Waals surface area contributed by atoms with E-state index >= 15 is 0 Å². The van der Waals surface area contributed by atoms with Crippen molar-refractivity contribution in [2.45, 2.75) is 27.2 Å². The Morgan fingerprint density at radius 1 is 1.15 bits per heavy atom. The number of piperazine rings is 1. The fourth-order valence-corrected chi connectivity index (χ4v) is 3.31. The molecule has 1 saturated heterocycles. The number of hydrogen-bond donors (Lipinski definition) is 2. The highest BCUT2D eigenvalue weighted by Gasteiger charge is 2.21. The van der Waals surface area contributed by atoms with E-state index in [1.54, 1.807) is 6.07 Å². The van der Waals surface area contributed by atoms with Gasteiger partial charge in [-0.15, -0.1) is 0 Å². The summed E-state index contributed by atoms with van der Waals surface area (Å²) in [4.78, 5) is 23.1. The Kier molecular flexibility index (Phi) is 8.23. The van der Waals surface area contributed by atoms with Gasteiger partial charge in [0.25, 0.3) is 0 Å². The van der Waals surface area contributed by atoms with Gasteiger partial charge in [0.05, 0.1) is 12.2 Å². The Morgan fingerprint density at radius 2 is 1.81 bits per heavy atom. The number of carbonyl (C=O) groups excluding carboxylic acids is 1. The zero-order valence-electron chi connectivity index (χ0n) is 16.8. The second-order valence-electron chi connectivity index (χ2n) is 6.51. The van der Waals surface area contributed by atoms with Crippen molar-refractivity contribution in [3.63, 3.8) is 0 Å². The molecule has 0 aliphatic carbocycles. The first-order valence-electron chi connectivity index (χ1n) is 9.94. The van der Waals surface area contributed by atoms with E-state index in [9.17, 15) is 9.90 Å². The molecule has 27 heavy (non-hydrogen) atoms. The summed E-state index contributed by atoms with van der Waals surface area (Å²) in [5.41, 5.74) is 0.879. The van der Waals surface area contributed by atoms with Gasteiger partial charge < -0.3 is 25.1 Å². The lowest BCUT2D eigenvalue weighted by Crippen LogP contribution is -2.52. The molecule has 2 N–H and O–H groups in total. The van der Waals surface area contributed by atoms with Crippen LogP contribution in [0.4, 0.5) is 5.69 Å². The largest absolute Gasteiger partial charge is 0.506 e. The third kappa shape index (κ3) is 5.77. The van der Waals surface area contributed by atoms with Gasteiger partial charge in [-0.2, -0.15) is 0 Å². The van der Waals surface area contributed by atoms with Gasteiger partial charge in [0.15, 0.2) is 5.96 Å². The fraction of sp³-hybridized carbons (Fsp3) is 0.600. The summed E-state index contributed by atoms with van der Waals surface area (Å²) in [5, 5.41) is 13.4. The Labute approximate surface area is 162 Å². The maximum atomic E-state index is 12.1. The minimum Gasteiger partial charge on any atom is -0.506 e. The quantitative estimate of drug-likeness (QED) is 0.561. The van der Waals surface area contributed by atoms with Crippen LogP contribution in [0.15, 0.2) is 29.3 Å². The number of nitrogens with one attached hydrogen (secondary N) is 1. The van der Waals surface area contributed by atoms with Crippen LogP contribution in [0.3, 0.4) is 0 Å². The number of hydrogen-bond acceptors (Lipinski definition) is 4. The van der Waals surface area contributed by atoms with Gasteiger partial charge in [0, 0.05) is 52.2 Å². The average Bonchev–Trinajstić information content (AvgIpc) is 2.69. The molecule has 1 aromatic rings. The summed E-state index contributed by atoms with van der Waals surface area (Å²) in [6.45, 7) is 12.1. The molecule has 0 aromatic heterocycles. The number of aromatic hydroxyl groups is 1. The van der Waals surface area contributed by atoms with Crippen LogP contribution in [0.5, 0.6) is 5.75 Å². The van der Waals surface area contributed by atoms with Crippen LogP contribution < -0.4 is 10.2 Å². The standard InChI is InChI=1S/C20H33N5O2/c1-4-21-20(22-12-11-19(27)23(5-2)6-3)25-15-13-24(14-16-25)17-9-7-8-10-18(17)26/h7-10,26H,4-6,11-16H2,1-3H3,(H,21,22). The molecule has 1 heterocycles. The van der Waals surface area contributed by atoms with Gasteiger partial charge in [0.2, 0.25) is 5.91 Å². The van der Waals surface area contributed by atoms with Crippen LogP contribution in [0.25, 0.3) is 0 Å². The third-order valence-electron chi connectivity index (χ3n) is 4.84. The second-order valence-corrected chi connectivity index (χ2v) is 6.51. The number of carbonyl (C=O) groups is 1. The number of para-hydroxylation sites is 2. The zero-order chi connectivity index (χ0) is 19.6. The van der Waals surface area contributed by atoms with Crippen molar-refractivity contribution in [1.82, 2.24) is 15.1 Å². The second kappa shape index (κ2) is 10.6. The molecule has 1 fully saturated rings. The lowest BCUT2D eigenvalue weighted by atomic mass is 10.2. The monoisotopic (exact) mass is 375 g/mol. The number of guanidine groups is 1. The van der Waals surface area contributed by atoms with Gasteiger partial charge in [-0.3, -0.25) is 9.79 Å². The van der Waals surface area contributed by atoms with E-state index in [1.807, 2.05) is 36.9 Å². The molecule has 1 aliphatic heterocycles. The van der Waals surface area contributed by atoms with Crippen molar-refractivity contribution in [2.24, 2.45) is 4.99 Å². The van der Waals surface area contributed by atoms with E-state index in [4.69, 9.17) is 0 Å². The molecule has 1 aliphatic rings. The van der Waals surface area contributed by atoms with Crippen LogP contribution >= 0.6 is 0 Å². The number of phenolic OH excluding ortho intramolecular Hbond substituents is 1. The number of amides is 1. The SMILES string of the molecule is CCNC(=NCCC(=O)N(CC)CC)N1CCN(c2ccccc2O)CC1. The summed E-state index contributed by atoms with van der Waals surface area (Å²) in [6.07, 6.45) is 0.439. The van der Waals surface area contributed by atoms with Gasteiger partial charge in [-0.1, -0.05) is 12.1 Å². The average molecular weight is 376 g/mol. The fourth-order valence-electron chi connectivity index (χ4n) is 3.31. The predicted molar refractivity (Wildman–Crippen MR) is 110 cm³/mol. The molecule has 0 bridgehead atoms. The van der Waals surface area contributed by atoms with Crippen LogP contribution in [-0.4, -0.2) is 79.1 Å². The number of rotatable bonds is 7. The maximum Gasteiger partial charge on any atom is 0.224 e. The zero-order valence-corrected chi connectivity index (χ0v) is 16.8. The molecule has 150 valence electrons. The van der Waals surface area contributed by atoms with Crippen LogP contribution in [0.2, 0.25) is 0 Å². The maximum absolute atomic E-state index is 12.1. The third-order valence-corrected chi connectivity index (χ3v) is 4.84. The van der Waals surface area contributed by atoms with Gasteiger partial charge in [-0.25, -0.2) is 0 Å². The topological polar surface area (TPSA) is 71.4 Å². The molecule has 0 atom stereocenters. The highest BCUT2D eigenvalue weighted by Crippen LogP contribution is 2.27. The highest BCUT2D eigenvalue weighted by atomic mass is 16.3. The molecule has 7 nitrogen and oxygen atoms in total. The molecule has 2 rings (SSSR count). The number of nitrogens with zero attached hydrogens (tertiary/aromatic N) is 4. The summed E-state index contributed by atoms with van der Waals surface area (Å²) < 4.78 is 0. The molecule has 7 heteroatoms. The predicted octanol–water partition coefficient (Wildman–Crippen LogP) is 1.74. The number of benzene rings is 1. The first kappa shape index (κ1) is 20.9. The van der Waals surface area contributed by atoms with Crippen molar-refractivity contribution < 1.29 is 9.90 Å². The van der Waals surface area contributed by atoms with Crippen LogP contribution in [-0.2, 0) is 4.79 Å². The molecule has 0 radical (unpaired) electrons. The molecule has 0 unspecified atom stereocenters. The van der Waals surface area contributed by atoms with E-state index in [-0.39, 0.29) is 5.91 Å². The van der Waals surface area contributed by atoms with E-state index in [2.05, 4.69) is 27.0 Å². The summed E-state index contributed by atoms with van der Waals surface area (Å²) in [6, 6.07) is 7.45. The summed E-state index contributed by atoms with van der Waals surface area (Å²) in [7, 11) is 0. The van der Waals surface area contributed by atoms with Gasteiger partial charge in [0.1, 0.15) is 5.75 Å². The Hall–Kier alpha value is -2.44.